The summed E-state index contributed by atoms with van der Waals surface area (Å²) in [6.07, 6.45) is 7.45. The summed E-state index contributed by atoms with van der Waals surface area (Å²) in [6.45, 7) is 2.98. The highest BCUT2D eigenvalue weighted by Gasteiger charge is 1.98. The van der Waals surface area contributed by atoms with Crippen LogP contribution in [0.2, 0.25) is 0 Å². The van der Waals surface area contributed by atoms with Crippen molar-refractivity contribution in [2.45, 2.75) is 51.9 Å². The van der Waals surface area contributed by atoms with Gasteiger partial charge in [-0.2, -0.15) is 12.6 Å². The topological polar surface area (TPSA) is 29.1 Å². The fourth-order valence-corrected chi connectivity index (χ4v) is 1.49. The summed E-state index contributed by atoms with van der Waals surface area (Å²) >= 11 is 4.13. The lowest BCUT2D eigenvalue weighted by atomic mass is 10.2. The third kappa shape index (κ3) is 9.90. The zero-order valence-corrected chi connectivity index (χ0v) is 10.1. The lowest BCUT2D eigenvalue weighted by Crippen LogP contribution is -2.23. The van der Waals surface area contributed by atoms with Crippen molar-refractivity contribution in [1.82, 2.24) is 5.32 Å². The van der Waals surface area contributed by atoms with Gasteiger partial charge in [0, 0.05) is 13.0 Å². The van der Waals surface area contributed by atoms with Crippen LogP contribution in [0.5, 0.6) is 0 Å². The van der Waals surface area contributed by atoms with Gasteiger partial charge in [0.2, 0.25) is 5.91 Å². The number of amides is 1. The number of thiol groups is 1. The first-order valence-corrected chi connectivity index (χ1v) is 6.32. The molecule has 0 aliphatic rings. The average Bonchev–Trinajstić information content (AvgIpc) is 2.18. The van der Waals surface area contributed by atoms with Crippen LogP contribution < -0.4 is 5.32 Å². The van der Waals surface area contributed by atoms with E-state index in [0.29, 0.717) is 6.42 Å². The van der Waals surface area contributed by atoms with E-state index in [-0.39, 0.29) is 5.91 Å². The maximum Gasteiger partial charge on any atom is 0.219 e. The standard InChI is InChI=1S/C11H23NOS/c1-2-3-5-8-11(13)12-9-6-4-7-10-14/h14H,2-10H2,1H3,(H,12,13). The van der Waals surface area contributed by atoms with Crippen LogP contribution >= 0.6 is 12.6 Å². The Morgan fingerprint density at radius 2 is 1.93 bits per heavy atom. The van der Waals surface area contributed by atoms with Gasteiger partial charge in [-0.15, -0.1) is 0 Å². The fraction of sp³-hybridized carbons (Fsp3) is 0.909. The van der Waals surface area contributed by atoms with Crippen LogP contribution in [0.4, 0.5) is 0 Å². The zero-order valence-electron chi connectivity index (χ0n) is 9.22. The van der Waals surface area contributed by atoms with Gasteiger partial charge in [-0.3, -0.25) is 4.79 Å². The molecular weight excluding hydrogens is 194 g/mol. The molecule has 84 valence electrons. The zero-order chi connectivity index (χ0) is 10.6. The van der Waals surface area contributed by atoms with Gasteiger partial charge in [0.15, 0.2) is 0 Å². The lowest BCUT2D eigenvalue weighted by molar-refractivity contribution is -0.121. The number of unbranched alkanes of at least 4 members (excludes halogenated alkanes) is 4. The molecule has 0 heterocycles. The molecular formula is C11H23NOS. The first kappa shape index (κ1) is 13.8. The molecule has 0 fully saturated rings. The minimum atomic E-state index is 0.212. The second-order valence-electron chi connectivity index (χ2n) is 3.59. The number of hydrogen-bond donors (Lipinski definition) is 2. The van der Waals surface area contributed by atoms with Crippen molar-refractivity contribution < 1.29 is 4.79 Å². The Bertz CT molecular complexity index is 139. The maximum atomic E-state index is 11.2. The number of hydrogen-bond acceptors (Lipinski definition) is 2. The smallest absolute Gasteiger partial charge is 0.219 e. The molecule has 0 saturated heterocycles. The van der Waals surface area contributed by atoms with E-state index in [0.717, 1.165) is 38.0 Å². The molecule has 0 bridgehead atoms. The van der Waals surface area contributed by atoms with E-state index in [4.69, 9.17) is 0 Å². The second-order valence-corrected chi connectivity index (χ2v) is 4.04. The SMILES string of the molecule is CCCCCC(=O)NCCCCCS. The molecule has 0 radical (unpaired) electrons. The Hall–Kier alpha value is -0.180. The van der Waals surface area contributed by atoms with Crippen molar-refractivity contribution in [2.75, 3.05) is 12.3 Å². The summed E-state index contributed by atoms with van der Waals surface area (Å²) in [5, 5.41) is 2.94. The van der Waals surface area contributed by atoms with E-state index < -0.39 is 0 Å². The fourth-order valence-electron chi connectivity index (χ4n) is 1.27. The minimum Gasteiger partial charge on any atom is -0.356 e. The molecule has 0 unspecified atom stereocenters. The predicted octanol–water partition coefficient (Wildman–Crippen LogP) is 2.78. The molecule has 0 aromatic carbocycles. The Labute approximate surface area is 93.3 Å². The monoisotopic (exact) mass is 217 g/mol. The summed E-state index contributed by atoms with van der Waals surface area (Å²) < 4.78 is 0. The summed E-state index contributed by atoms with van der Waals surface area (Å²) in [6, 6.07) is 0. The highest BCUT2D eigenvalue weighted by atomic mass is 32.1. The first-order valence-electron chi connectivity index (χ1n) is 5.68. The van der Waals surface area contributed by atoms with Gasteiger partial charge in [-0.25, -0.2) is 0 Å². The van der Waals surface area contributed by atoms with E-state index >= 15 is 0 Å². The average molecular weight is 217 g/mol. The molecule has 0 rings (SSSR count). The molecule has 1 N–H and O–H groups in total. The minimum absolute atomic E-state index is 0.212. The molecule has 2 nitrogen and oxygen atoms in total. The Kier molecular flexibility index (Phi) is 10.8. The van der Waals surface area contributed by atoms with Gasteiger partial charge in [-0.1, -0.05) is 26.2 Å². The van der Waals surface area contributed by atoms with E-state index in [2.05, 4.69) is 24.9 Å². The van der Waals surface area contributed by atoms with Crippen LogP contribution in [0.3, 0.4) is 0 Å². The van der Waals surface area contributed by atoms with E-state index in [1.54, 1.807) is 0 Å². The van der Waals surface area contributed by atoms with Crippen molar-refractivity contribution in [3.8, 4) is 0 Å². The van der Waals surface area contributed by atoms with Crippen LogP contribution in [0.1, 0.15) is 51.9 Å². The molecule has 0 spiro atoms. The van der Waals surface area contributed by atoms with E-state index in [1.165, 1.54) is 12.8 Å². The van der Waals surface area contributed by atoms with Gasteiger partial charge in [-0.05, 0) is 25.0 Å². The number of carbonyl (C=O) groups is 1. The van der Waals surface area contributed by atoms with E-state index in [1.807, 2.05) is 0 Å². The van der Waals surface area contributed by atoms with Gasteiger partial charge < -0.3 is 5.32 Å². The summed E-state index contributed by atoms with van der Waals surface area (Å²) in [7, 11) is 0. The second kappa shape index (κ2) is 10.9. The highest BCUT2D eigenvalue weighted by molar-refractivity contribution is 7.80. The third-order valence-corrected chi connectivity index (χ3v) is 2.48. The Balaban J connectivity index is 3.10. The number of nitrogens with one attached hydrogen (secondary N) is 1. The van der Waals surface area contributed by atoms with Crippen molar-refractivity contribution in [1.29, 1.82) is 0 Å². The molecule has 0 saturated carbocycles. The van der Waals surface area contributed by atoms with Crippen molar-refractivity contribution in [3.63, 3.8) is 0 Å². The molecule has 0 aliphatic heterocycles. The Morgan fingerprint density at radius 3 is 2.57 bits per heavy atom. The summed E-state index contributed by atoms with van der Waals surface area (Å²) in [4.78, 5) is 11.2. The maximum absolute atomic E-state index is 11.2. The third-order valence-electron chi connectivity index (χ3n) is 2.16. The number of carbonyl (C=O) groups excluding carboxylic acids is 1. The normalized spacial score (nSPS) is 10.1. The van der Waals surface area contributed by atoms with Crippen LogP contribution in [0.15, 0.2) is 0 Å². The summed E-state index contributed by atoms with van der Waals surface area (Å²) in [5.41, 5.74) is 0. The van der Waals surface area contributed by atoms with Gasteiger partial charge in [0.25, 0.3) is 0 Å². The Morgan fingerprint density at radius 1 is 1.14 bits per heavy atom. The first-order chi connectivity index (χ1) is 6.81. The van der Waals surface area contributed by atoms with E-state index in [9.17, 15) is 4.79 Å². The lowest BCUT2D eigenvalue weighted by Gasteiger charge is -2.04. The van der Waals surface area contributed by atoms with Crippen molar-refractivity contribution in [2.24, 2.45) is 0 Å². The van der Waals surface area contributed by atoms with Crippen LogP contribution in [-0.4, -0.2) is 18.2 Å². The van der Waals surface area contributed by atoms with Gasteiger partial charge in [0.05, 0.1) is 0 Å². The predicted molar refractivity (Wildman–Crippen MR) is 64.9 cm³/mol. The summed E-state index contributed by atoms with van der Waals surface area (Å²) in [5.74, 6) is 1.16. The van der Waals surface area contributed by atoms with Gasteiger partial charge in [0.1, 0.15) is 0 Å². The largest absolute Gasteiger partial charge is 0.356 e. The quantitative estimate of drug-likeness (QED) is 0.451. The highest BCUT2D eigenvalue weighted by Crippen LogP contribution is 1.99. The van der Waals surface area contributed by atoms with Crippen LogP contribution in [0.25, 0.3) is 0 Å². The molecule has 1 amide bonds. The van der Waals surface area contributed by atoms with Crippen molar-refractivity contribution in [3.05, 3.63) is 0 Å². The molecule has 0 aromatic heterocycles. The molecule has 14 heavy (non-hydrogen) atoms. The van der Waals surface area contributed by atoms with Crippen LogP contribution in [-0.2, 0) is 4.79 Å². The van der Waals surface area contributed by atoms with Gasteiger partial charge >= 0.3 is 0 Å². The molecule has 3 heteroatoms. The molecule has 0 atom stereocenters. The molecule has 0 aromatic rings. The van der Waals surface area contributed by atoms with Crippen LogP contribution in [0, 0.1) is 0 Å². The molecule has 0 aliphatic carbocycles. The number of rotatable bonds is 9. The van der Waals surface area contributed by atoms with Crippen molar-refractivity contribution >= 4 is 18.5 Å².